The van der Waals surface area contributed by atoms with Gasteiger partial charge in [-0.15, -0.1) is 0 Å². The molecule has 1 aliphatic rings. The summed E-state index contributed by atoms with van der Waals surface area (Å²) < 4.78 is 0. The van der Waals surface area contributed by atoms with E-state index >= 15 is 0 Å². The van der Waals surface area contributed by atoms with Crippen LogP contribution in [0.1, 0.15) is 103 Å². The van der Waals surface area contributed by atoms with Crippen molar-refractivity contribution < 1.29 is 9.90 Å². The van der Waals surface area contributed by atoms with E-state index in [1.54, 1.807) is 0 Å². The normalized spacial score (nSPS) is 18.0. The average Bonchev–Trinajstić information content (AvgIpc) is 2.59. The Hall–Kier alpha value is -0.630. The second-order valence-corrected chi connectivity index (χ2v) is 7.23. The molecule has 134 valence electrons. The van der Waals surface area contributed by atoms with Crippen molar-refractivity contribution >= 4 is 6.29 Å². The minimum atomic E-state index is 0.211. The zero-order valence-electron chi connectivity index (χ0n) is 15.1. The molecule has 0 heterocycles. The molecule has 1 aliphatic carbocycles. The van der Waals surface area contributed by atoms with Crippen LogP contribution in [0.15, 0.2) is 11.6 Å². The monoisotopic (exact) mass is 322 g/mol. The molecule has 0 radical (unpaired) electrons. The maximum atomic E-state index is 10.8. The van der Waals surface area contributed by atoms with Gasteiger partial charge in [0.1, 0.15) is 6.29 Å². The van der Waals surface area contributed by atoms with Crippen molar-refractivity contribution in [1.29, 1.82) is 0 Å². The van der Waals surface area contributed by atoms with E-state index in [0.29, 0.717) is 6.61 Å². The lowest BCUT2D eigenvalue weighted by molar-refractivity contribution is -0.110. The van der Waals surface area contributed by atoms with Crippen LogP contribution in [0.2, 0.25) is 0 Å². The number of aliphatic hydroxyl groups excluding tert-OH is 1. The Balaban J connectivity index is 1.81. The van der Waals surface area contributed by atoms with Crippen LogP contribution in [0.4, 0.5) is 0 Å². The van der Waals surface area contributed by atoms with Crippen LogP contribution in [0, 0.1) is 5.92 Å². The fraction of sp³-hybridized carbons (Fsp3) is 0.857. The first kappa shape index (κ1) is 20.4. The number of unbranched alkanes of at least 4 members (excludes halogenated alkanes) is 11. The molecule has 1 rings (SSSR count). The molecule has 1 atom stereocenters. The van der Waals surface area contributed by atoms with Crippen LogP contribution in [0.25, 0.3) is 0 Å². The van der Waals surface area contributed by atoms with Gasteiger partial charge >= 0.3 is 0 Å². The summed E-state index contributed by atoms with van der Waals surface area (Å²) in [6.45, 7) is 0.356. The number of hydrogen-bond acceptors (Lipinski definition) is 2. The van der Waals surface area contributed by atoms with Gasteiger partial charge in [0.05, 0.1) is 0 Å². The van der Waals surface area contributed by atoms with Gasteiger partial charge in [-0.2, -0.15) is 0 Å². The largest absolute Gasteiger partial charge is 0.396 e. The van der Waals surface area contributed by atoms with Gasteiger partial charge in [-0.3, -0.25) is 0 Å². The molecule has 0 aliphatic heterocycles. The third kappa shape index (κ3) is 11.5. The van der Waals surface area contributed by atoms with Gasteiger partial charge in [-0.1, -0.05) is 75.9 Å². The van der Waals surface area contributed by atoms with Crippen LogP contribution < -0.4 is 0 Å². The number of allylic oxidation sites excluding steroid dienone is 2. The lowest BCUT2D eigenvalue weighted by Crippen LogP contribution is -2.05. The Morgan fingerprint density at radius 1 is 0.870 bits per heavy atom. The first-order valence-electron chi connectivity index (χ1n) is 10.1. The zero-order chi connectivity index (χ0) is 16.6. The molecule has 0 bridgehead atoms. The van der Waals surface area contributed by atoms with Crippen molar-refractivity contribution in [2.24, 2.45) is 5.92 Å². The summed E-state index contributed by atoms with van der Waals surface area (Å²) in [6, 6.07) is 0. The molecular weight excluding hydrogens is 284 g/mol. The highest BCUT2D eigenvalue weighted by Gasteiger charge is 2.11. The molecule has 0 aromatic heterocycles. The van der Waals surface area contributed by atoms with Crippen molar-refractivity contribution in [3.63, 3.8) is 0 Å². The molecule has 0 amide bonds. The van der Waals surface area contributed by atoms with E-state index in [1.807, 2.05) is 0 Å². The molecule has 0 fully saturated rings. The standard InChI is InChI=1S/C21H38O2/c22-17-12-10-8-6-4-2-1-3-5-7-9-11-14-20-15-13-16-21(18-20)19-23/h18-19,21-22H,1-17H2. The van der Waals surface area contributed by atoms with Crippen LogP contribution in [0.3, 0.4) is 0 Å². The minimum Gasteiger partial charge on any atom is -0.396 e. The fourth-order valence-corrected chi connectivity index (χ4v) is 3.58. The summed E-state index contributed by atoms with van der Waals surface area (Å²) in [7, 11) is 0. The molecule has 23 heavy (non-hydrogen) atoms. The van der Waals surface area contributed by atoms with E-state index in [2.05, 4.69) is 6.08 Å². The Labute approximate surface area is 143 Å². The van der Waals surface area contributed by atoms with Crippen molar-refractivity contribution in [3.05, 3.63) is 11.6 Å². The van der Waals surface area contributed by atoms with Crippen LogP contribution >= 0.6 is 0 Å². The summed E-state index contributed by atoms with van der Waals surface area (Å²) >= 11 is 0. The van der Waals surface area contributed by atoms with Gasteiger partial charge in [-0.25, -0.2) is 0 Å². The smallest absolute Gasteiger partial charge is 0.126 e. The van der Waals surface area contributed by atoms with E-state index in [0.717, 1.165) is 19.1 Å². The summed E-state index contributed by atoms with van der Waals surface area (Å²) in [6.07, 6.45) is 23.8. The minimum absolute atomic E-state index is 0.211. The van der Waals surface area contributed by atoms with Crippen LogP contribution in [0.5, 0.6) is 0 Å². The third-order valence-corrected chi connectivity index (χ3v) is 5.07. The Bertz CT molecular complexity index is 309. The molecule has 0 saturated carbocycles. The lowest BCUT2D eigenvalue weighted by atomic mass is 9.89. The summed E-state index contributed by atoms with van der Waals surface area (Å²) in [4.78, 5) is 10.8. The maximum Gasteiger partial charge on any atom is 0.126 e. The first-order chi connectivity index (χ1) is 11.4. The Morgan fingerprint density at radius 2 is 1.39 bits per heavy atom. The SMILES string of the molecule is O=CC1C=C(CCCCCCCCCCCCCCO)CCC1. The molecule has 0 saturated heterocycles. The molecule has 2 heteroatoms. The average molecular weight is 323 g/mol. The fourth-order valence-electron chi connectivity index (χ4n) is 3.58. The van der Waals surface area contributed by atoms with E-state index in [4.69, 9.17) is 5.11 Å². The second-order valence-electron chi connectivity index (χ2n) is 7.23. The van der Waals surface area contributed by atoms with Crippen molar-refractivity contribution in [3.8, 4) is 0 Å². The van der Waals surface area contributed by atoms with Gasteiger partial charge < -0.3 is 9.90 Å². The van der Waals surface area contributed by atoms with Crippen LogP contribution in [-0.2, 0) is 4.79 Å². The summed E-state index contributed by atoms with van der Waals surface area (Å²) in [5.74, 6) is 0.211. The molecule has 1 unspecified atom stereocenters. The predicted molar refractivity (Wildman–Crippen MR) is 98.6 cm³/mol. The van der Waals surface area contributed by atoms with Crippen molar-refractivity contribution in [2.45, 2.75) is 103 Å². The highest BCUT2D eigenvalue weighted by Crippen LogP contribution is 2.25. The number of carbonyl (C=O) groups excluding carboxylic acids is 1. The number of aliphatic hydroxyl groups is 1. The second kappa shape index (κ2) is 14.9. The van der Waals surface area contributed by atoms with E-state index in [-0.39, 0.29) is 5.92 Å². The Morgan fingerprint density at radius 3 is 1.91 bits per heavy atom. The van der Waals surface area contributed by atoms with Gasteiger partial charge in [-0.05, 0) is 38.5 Å². The highest BCUT2D eigenvalue weighted by atomic mass is 16.2. The van der Waals surface area contributed by atoms with E-state index < -0.39 is 0 Å². The molecule has 0 aromatic carbocycles. The summed E-state index contributed by atoms with van der Waals surface area (Å²) in [5, 5.41) is 8.71. The van der Waals surface area contributed by atoms with Gasteiger partial charge in [0.15, 0.2) is 0 Å². The summed E-state index contributed by atoms with van der Waals surface area (Å²) in [5.41, 5.74) is 1.54. The van der Waals surface area contributed by atoms with Gasteiger partial charge in [0.25, 0.3) is 0 Å². The molecule has 1 N–H and O–H groups in total. The Kier molecular flexibility index (Phi) is 13.3. The highest BCUT2D eigenvalue weighted by molar-refractivity contribution is 5.57. The zero-order valence-corrected chi connectivity index (χ0v) is 15.1. The van der Waals surface area contributed by atoms with Crippen molar-refractivity contribution in [1.82, 2.24) is 0 Å². The number of aldehydes is 1. The molecule has 0 spiro atoms. The maximum absolute atomic E-state index is 10.8. The van der Waals surface area contributed by atoms with Crippen LogP contribution in [-0.4, -0.2) is 18.0 Å². The van der Waals surface area contributed by atoms with E-state index in [9.17, 15) is 4.79 Å². The van der Waals surface area contributed by atoms with Gasteiger partial charge in [0, 0.05) is 12.5 Å². The quantitative estimate of drug-likeness (QED) is 0.229. The molecule has 2 nitrogen and oxygen atoms in total. The first-order valence-corrected chi connectivity index (χ1v) is 10.1. The molecule has 0 aromatic rings. The lowest BCUT2D eigenvalue weighted by Gasteiger charge is -2.16. The topological polar surface area (TPSA) is 37.3 Å². The van der Waals surface area contributed by atoms with Crippen molar-refractivity contribution in [2.75, 3.05) is 6.61 Å². The number of rotatable bonds is 15. The van der Waals surface area contributed by atoms with E-state index in [1.165, 1.54) is 95.5 Å². The predicted octanol–water partition coefficient (Wildman–Crippen LogP) is 5.98. The third-order valence-electron chi connectivity index (χ3n) is 5.07. The molecular formula is C21H38O2. The number of carbonyl (C=O) groups is 1. The van der Waals surface area contributed by atoms with Gasteiger partial charge in [0.2, 0.25) is 0 Å². The number of hydrogen-bond donors (Lipinski definition) is 1.